The Balaban J connectivity index is 0.000000821. The molecule has 8 nitrogen and oxygen atoms in total. The molecule has 0 radical (unpaired) electrons. The van der Waals surface area contributed by atoms with E-state index < -0.39 is 0 Å². The van der Waals surface area contributed by atoms with E-state index in [2.05, 4.69) is 34.0 Å². The van der Waals surface area contributed by atoms with Crippen LogP contribution in [-0.4, -0.2) is 25.9 Å². The van der Waals surface area contributed by atoms with Crippen LogP contribution in [0.4, 0.5) is 11.6 Å². The highest BCUT2D eigenvalue weighted by molar-refractivity contribution is 6.39. The summed E-state index contributed by atoms with van der Waals surface area (Å²) in [6, 6.07) is 9.00. The van der Waals surface area contributed by atoms with Gasteiger partial charge in [0.05, 0.1) is 37.7 Å². The molecule has 10 heteroatoms. The molecule has 1 unspecified atom stereocenters. The van der Waals surface area contributed by atoms with Crippen molar-refractivity contribution < 1.29 is 4.79 Å². The Kier molecular flexibility index (Phi) is 6.40. The second kappa shape index (κ2) is 9.25. The molecule has 0 saturated carbocycles. The number of nitrogens with one attached hydrogen (secondary N) is 2. The zero-order valence-electron chi connectivity index (χ0n) is 18.0. The number of nitrogens with zero attached hydrogens (tertiary/aromatic N) is 3. The van der Waals surface area contributed by atoms with Gasteiger partial charge in [-0.15, -0.1) is 0 Å². The van der Waals surface area contributed by atoms with E-state index in [0.717, 1.165) is 18.4 Å². The quantitative estimate of drug-likeness (QED) is 0.361. The van der Waals surface area contributed by atoms with Crippen molar-refractivity contribution in [2.24, 2.45) is 18.7 Å². The van der Waals surface area contributed by atoms with Gasteiger partial charge in [0, 0.05) is 7.05 Å². The average molecular weight is 485 g/mol. The van der Waals surface area contributed by atoms with Crippen LogP contribution in [0.15, 0.2) is 41.2 Å². The maximum atomic E-state index is 13.1. The van der Waals surface area contributed by atoms with E-state index in [1.807, 2.05) is 23.7 Å². The summed E-state index contributed by atoms with van der Waals surface area (Å²) < 4.78 is 1.82. The van der Waals surface area contributed by atoms with Gasteiger partial charge in [-0.1, -0.05) is 42.3 Å². The lowest BCUT2D eigenvalue weighted by Crippen LogP contribution is -2.13. The second-order valence-electron chi connectivity index (χ2n) is 7.87. The molecule has 1 amide bonds. The number of H-pyrrole nitrogens is 1. The number of aryl methyl sites for hydroxylation is 1. The molecule has 2 aromatic heterocycles. The third-order valence-electron chi connectivity index (χ3n) is 5.54. The van der Waals surface area contributed by atoms with Crippen LogP contribution in [0.25, 0.3) is 27.5 Å². The summed E-state index contributed by atoms with van der Waals surface area (Å²) in [6.07, 6.45) is 4.35. The van der Waals surface area contributed by atoms with Gasteiger partial charge in [-0.05, 0) is 48.6 Å². The van der Waals surface area contributed by atoms with Gasteiger partial charge in [-0.2, -0.15) is 0 Å². The molecular weight excluding hydrogens is 463 g/mol. The highest BCUT2D eigenvalue weighted by Crippen LogP contribution is 2.34. The molecule has 2 aromatic carbocycles. The smallest absolute Gasteiger partial charge is 0.261 e. The fraction of sp³-hybridized carbons (Fsp3) is 0.217. The van der Waals surface area contributed by atoms with Crippen LogP contribution in [0.5, 0.6) is 0 Å². The molecule has 0 bridgehead atoms. The number of halogens is 2. The number of primary amides is 1. The molecule has 1 aliphatic rings. The van der Waals surface area contributed by atoms with Crippen LogP contribution in [0.2, 0.25) is 10.0 Å². The summed E-state index contributed by atoms with van der Waals surface area (Å²) in [4.78, 5) is 34.0. The number of fused-ring (bicyclic) bond motifs is 3. The molecule has 1 atom stereocenters. The van der Waals surface area contributed by atoms with Gasteiger partial charge in [0.15, 0.2) is 0 Å². The van der Waals surface area contributed by atoms with Gasteiger partial charge in [0.2, 0.25) is 12.4 Å². The largest absolute Gasteiger partial charge is 0.372 e. The van der Waals surface area contributed by atoms with Crippen molar-refractivity contribution in [3.05, 3.63) is 62.6 Å². The molecule has 4 aromatic rings. The molecule has 2 heterocycles. The predicted octanol–water partition coefficient (Wildman–Crippen LogP) is 4.78. The fourth-order valence-corrected chi connectivity index (χ4v) is 4.49. The number of carbonyl (C=O) groups is 1. The summed E-state index contributed by atoms with van der Waals surface area (Å²) in [5.74, 6) is 1.76. The minimum absolute atomic E-state index is 0.175. The van der Waals surface area contributed by atoms with Crippen molar-refractivity contribution >= 4 is 68.8 Å². The molecule has 1 aliphatic carbocycles. The van der Waals surface area contributed by atoms with E-state index in [-0.39, 0.29) is 12.0 Å². The number of hydrogen-bond donors (Lipinski definition) is 3. The number of amides is 1. The molecule has 0 aliphatic heterocycles. The standard InChI is InChI=1S/C22H19Cl2N5O.CH3NO/c1-11-6-7-12(10-11)20-25-15-8-9-16-19(17(15)21(30)28-20)29(2)22(26-16)27-18-13(23)4-3-5-14(18)24;2-1-3/h3-5,7-9,11H,6,10H2,1-2H3,(H,26,27)(H,25,28,30);1H,(H2,2,3). The maximum absolute atomic E-state index is 13.1. The van der Waals surface area contributed by atoms with Crippen molar-refractivity contribution in [2.45, 2.75) is 19.8 Å². The predicted molar refractivity (Wildman–Crippen MR) is 133 cm³/mol. The van der Waals surface area contributed by atoms with E-state index >= 15 is 0 Å². The van der Waals surface area contributed by atoms with Crippen LogP contribution in [-0.2, 0) is 11.8 Å². The number of rotatable bonds is 3. The summed E-state index contributed by atoms with van der Waals surface area (Å²) in [5.41, 5.74) is 7.69. The molecule has 170 valence electrons. The van der Waals surface area contributed by atoms with Gasteiger partial charge in [0.1, 0.15) is 5.82 Å². The van der Waals surface area contributed by atoms with Crippen molar-refractivity contribution in [1.82, 2.24) is 19.5 Å². The van der Waals surface area contributed by atoms with Crippen LogP contribution >= 0.6 is 23.2 Å². The fourth-order valence-electron chi connectivity index (χ4n) is 4.00. The summed E-state index contributed by atoms with van der Waals surface area (Å²) in [6.45, 7) is 2.20. The lowest BCUT2D eigenvalue weighted by molar-refractivity contribution is -0.106. The topological polar surface area (TPSA) is 119 Å². The number of imidazole rings is 1. The Labute approximate surface area is 199 Å². The zero-order chi connectivity index (χ0) is 23.7. The van der Waals surface area contributed by atoms with Crippen molar-refractivity contribution in [3.8, 4) is 0 Å². The van der Waals surface area contributed by atoms with Crippen LogP contribution in [0, 0.1) is 5.92 Å². The average Bonchev–Trinajstić information content (AvgIpc) is 3.34. The molecule has 5 rings (SSSR count). The maximum Gasteiger partial charge on any atom is 0.261 e. The Morgan fingerprint density at radius 1 is 1.18 bits per heavy atom. The Hall–Kier alpha value is -3.36. The number of para-hydroxylation sites is 1. The van der Waals surface area contributed by atoms with Crippen molar-refractivity contribution in [2.75, 3.05) is 5.32 Å². The van der Waals surface area contributed by atoms with E-state index in [1.54, 1.807) is 18.2 Å². The number of carbonyl (C=O) groups excluding carboxylic acids is 1. The first-order valence-corrected chi connectivity index (χ1v) is 11.0. The number of allylic oxidation sites excluding steroid dienone is 2. The minimum Gasteiger partial charge on any atom is -0.372 e. The van der Waals surface area contributed by atoms with Crippen LogP contribution in [0.1, 0.15) is 25.6 Å². The third-order valence-corrected chi connectivity index (χ3v) is 6.17. The van der Waals surface area contributed by atoms with Gasteiger partial charge < -0.3 is 20.6 Å². The summed E-state index contributed by atoms with van der Waals surface area (Å²) >= 11 is 12.6. The summed E-state index contributed by atoms with van der Waals surface area (Å²) in [7, 11) is 1.84. The number of benzene rings is 2. The molecule has 4 N–H and O–H groups in total. The number of aromatic amines is 1. The highest BCUT2D eigenvalue weighted by atomic mass is 35.5. The third kappa shape index (κ3) is 4.31. The lowest BCUT2D eigenvalue weighted by Gasteiger charge is -2.10. The van der Waals surface area contributed by atoms with Gasteiger partial charge >= 0.3 is 0 Å². The van der Waals surface area contributed by atoms with E-state index in [0.29, 0.717) is 55.4 Å². The normalized spacial score (nSPS) is 15.3. The lowest BCUT2D eigenvalue weighted by atomic mass is 10.1. The van der Waals surface area contributed by atoms with Crippen molar-refractivity contribution in [1.29, 1.82) is 0 Å². The van der Waals surface area contributed by atoms with Gasteiger partial charge in [-0.25, -0.2) is 9.97 Å². The van der Waals surface area contributed by atoms with Crippen LogP contribution in [0.3, 0.4) is 0 Å². The second-order valence-corrected chi connectivity index (χ2v) is 8.68. The first kappa shape index (κ1) is 22.8. The number of anilines is 2. The van der Waals surface area contributed by atoms with E-state index in [1.165, 1.54) is 0 Å². The molecule has 0 fully saturated rings. The molecule has 0 saturated heterocycles. The van der Waals surface area contributed by atoms with Gasteiger partial charge in [-0.3, -0.25) is 9.59 Å². The SMILES string of the molecule is CC1CC=C(c2nc3ccc4nc(Nc5c(Cl)cccc5Cl)n(C)c4c3c(=O)[nH]2)C1.NC=O. The molecule has 33 heavy (non-hydrogen) atoms. The van der Waals surface area contributed by atoms with E-state index in [9.17, 15) is 4.79 Å². The summed E-state index contributed by atoms with van der Waals surface area (Å²) in [5, 5.41) is 4.68. The first-order chi connectivity index (χ1) is 15.8. The Bertz CT molecular complexity index is 1440. The van der Waals surface area contributed by atoms with Crippen molar-refractivity contribution in [3.63, 3.8) is 0 Å². The minimum atomic E-state index is -0.175. The Morgan fingerprint density at radius 3 is 2.48 bits per heavy atom. The number of aromatic nitrogens is 4. The van der Waals surface area contributed by atoms with Crippen LogP contribution < -0.4 is 16.6 Å². The van der Waals surface area contributed by atoms with Gasteiger partial charge in [0.25, 0.3) is 5.56 Å². The number of hydrogen-bond acceptors (Lipinski definition) is 5. The van der Waals surface area contributed by atoms with E-state index in [4.69, 9.17) is 33.0 Å². The highest BCUT2D eigenvalue weighted by Gasteiger charge is 2.20. The number of nitrogens with two attached hydrogens (primary N) is 1. The Morgan fingerprint density at radius 2 is 1.85 bits per heavy atom. The molecular formula is C23H22Cl2N6O2. The zero-order valence-corrected chi connectivity index (χ0v) is 19.5. The first-order valence-electron chi connectivity index (χ1n) is 10.3. The monoisotopic (exact) mass is 484 g/mol. The molecule has 0 spiro atoms.